The highest BCUT2D eigenvalue weighted by molar-refractivity contribution is 5.77. The highest BCUT2D eigenvalue weighted by Gasteiger charge is 2.43. The zero-order chi connectivity index (χ0) is 31.3. The molecule has 0 unspecified atom stereocenters. The number of halogens is 3. The number of alkyl halides is 3. The molecule has 0 radical (unpaired) electrons. The molecule has 1 spiro atoms. The van der Waals surface area contributed by atoms with Crippen molar-refractivity contribution in [1.82, 2.24) is 20.2 Å². The quantitative estimate of drug-likeness (QED) is 0.248. The van der Waals surface area contributed by atoms with Gasteiger partial charge in [-0.1, -0.05) is 31.9 Å². The zero-order valence-electron chi connectivity index (χ0n) is 25.3. The number of H-pyrrole nitrogens is 1. The standard InChI is InChI=1S/C19H23F3N2O.C8H15N.C2H7N.C2H2.CH2O/c1-2-16(25)7-5-3-4-6-8-18-23-13-17(24-18)14-9-11-15(12-10-14)19(20,21)22;1-9-6-4-8(2-3-8)5-7-9;1-3-2;2*1-2/h9-13H,2-8H2,1H3,(H,23,24);2-7H2,1H3;3H,1-2H3;1-2H;1H2. The molecular weight excluding hydrogens is 529 g/mol. The SMILES string of the molecule is C#C.C=O.CCC(=O)CCCCCCc1ncc(-c2ccc(C(F)(F)F)cc2)[nH]1.CN1CCC2(CC1)CC2.CNC. The van der Waals surface area contributed by atoms with Crippen LogP contribution < -0.4 is 5.32 Å². The number of likely N-dealkylation sites (tertiary alicyclic amines) is 1. The normalized spacial score (nSPS) is 15.0. The minimum Gasteiger partial charge on any atom is -0.342 e. The average Bonchev–Trinajstić information content (AvgIpc) is 3.58. The summed E-state index contributed by atoms with van der Waals surface area (Å²) in [4.78, 5) is 29.1. The summed E-state index contributed by atoms with van der Waals surface area (Å²) in [5, 5.41) is 2.75. The van der Waals surface area contributed by atoms with E-state index >= 15 is 0 Å². The fraction of sp³-hybridized carbons (Fsp3) is 0.594. The number of carbonyl (C=O) groups excluding carboxylic acids is 2. The monoisotopic (exact) mass is 578 g/mol. The second-order valence-electron chi connectivity index (χ2n) is 10.4. The van der Waals surface area contributed by atoms with Gasteiger partial charge in [-0.05, 0) is 95.9 Å². The van der Waals surface area contributed by atoms with Gasteiger partial charge in [0.15, 0.2) is 0 Å². The van der Waals surface area contributed by atoms with Crippen LogP contribution in [-0.4, -0.2) is 61.7 Å². The molecule has 41 heavy (non-hydrogen) atoms. The van der Waals surface area contributed by atoms with Crippen LogP contribution in [0.15, 0.2) is 30.5 Å². The number of aryl methyl sites for hydroxylation is 1. The number of hydrogen-bond acceptors (Lipinski definition) is 5. The summed E-state index contributed by atoms with van der Waals surface area (Å²) in [6, 6.07) is 5.05. The van der Waals surface area contributed by atoms with Gasteiger partial charge in [-0.2, -0.15) is 13.2 Å². The number of benzene rings is 1. The molecule has 0 bridgehead atoms. The molecule has 2 fully saturated rings. The Bertz CT molecular complexity index is 973. The number of piperidine rings is 1. The number of nitrogens with zero attached hydrogens (tertiary/aromatic N) is 2. The van der Waals surface area contributed by atoms with Crippen LogP contribution in [0.25, 0.3) is 11.3 Å². The molecule has 2 N–H and O–H groups in total. The van der Waals surface area contributed by atoms with Crippen LogP contribution >= 0.6 is 0 Å². The molecule has 9 heteroatoms. The first-order valence-electron chi connectivity index (χ1n) is 14.2. The first-order valence-corrected chi connectivity index (χ1v) is 14.2. The lowest BCUT2D eigenvalue weighted by molar-refractivity contribution is -0.137. The minimum atomic E-state index is -4.32. The van der Waals surface area contributed by atoms with Crippen molar-refractivity contribution in [1.29, 1.82) is 0 Å². The van der Waals surface area contributed by atoms with E-state index in [4.69, 9.17) is 4.79 Å². The Morgan fingerprint density at radius 3 is 2.05 bits per heavy atom. The predicted octanol–water partition coefficient (Wildman–Crippen LogP) is 6.96. The number of unbranched alkanes of at least 4 members (excludes halogenated alkanes) is 3. The van der Waals surface area contributed by atoms with Crippen LogP contribution in [0.1, 0.15) is 82.5 Å². The van der Waals surface area contributed by atoms with E-state index in [0.29, 0.717) is 24.2 Å². The first kappa shape index (κ1) is 38.0. The number of nitrogens with one attached hydrogen (secondary N) is 2. The van der Waals surface area contributed by atoms with Gasteiger partial charge >= 0.3 is 6.18 Å². The lowest BCUT2D eigenvalue weighted by atomic mass is 9.94. The number of terminal acetylenes is 1. The average molecular weight is 579 g/mol. The van der Waals surface area contributed by atoms with Crippen LogP contribution in [-0.2, 0) is 22.2 Å². The van der Waals surface area contributed by atoms with Crippen molar-refractivity contribution in [2.24, 2.45) is 5.41 Å². The topological polar surface area (TPSA) is 78.1 Å². The summed E-state index contributed by atoms with van der Waals surface area (Å²) in [5.74, 6) is 1.15. The third-order valence-corrected chi connectivity index (χ3v) is 7.17. The lowest BCUT2D eigenvalue weighted by Gasteiger charge is -2.28. The summed E-state index contributed by atoms with van der Waals surface area (Å²) in [6.45, 7) is 6.58. The summed E-state index contributed by atoms with van der Waals surface area (Å²) < 4.78 is 37.7. The van der Waals surface area contributed by atoms with Gasteiger partial charge in [-0.15, -0.1) is 12.8 Å². The van der Waals surface area contributed by atoms with Crippen molar-refractivity contribution in [3.63, 3.8) is 0 Å². The highest BCUT2D eigenvalue weighted by Crippen LogP contribution is 2.53. The highest BCUT2D eigenvalue weighted by atomic mass is 19.4. The molecule has 1 aliphatic heterocycles. The molecule has 2 aromatic rings. The summed E-state index contributed by atoms with van der Waals surface area (Å²) in [7, 11) is 5.98. The Morgan fingerprint density at radius 2 is 1.56 bits per heavy atom. The Labute approximate surface area is 244 Å². The number of hydrogen-bond donors (Lipinski definition) is 2. The van der Waals surface area contributed by atoms with Crippen LogP contribution in [0.5, 0.6) is 0 Å². The van der Waals surface area contributed by atoms with Crippen LogP contribution in [0, 0.1) is 18.3 Å². The minimum absolute atomic E-state index is 0.312. The number of carbonyl (C=O) groups is 2. The molecule has 2 aliphatic rings. The molecule has 1 saturated heterocycles. The van der Waals surface area contributed by atoms with Gasteiger partial charge in [-0.25, -0.2) is 4.98 Å². The van der Waals surface area contributed by atoms with Crippen molar-refractivity contribution in [2.75, 3.05) is 34.2 Å². The van der Waals surface area contributed by atoms with Crippen molar-refractivity contribution < 1.29 is 22.8 Å². The van der Waals surface area contributed by atoms with Crippen molar-refractivity contribution in [3.8, 4) is 24.1 Å². The van der Waals surface area contributed by atoms with Crippen LogP contribution in [0.4, 0.5) is 13.2 Å². The van der Waals surface area contributed by atoms with E-state index in [-0.39, 0.29) is 0 Å². The number of ketones is 1. The van der Waals surface area contributed by atoms with E-state index in [9.17, 15) is 18.0 Å². The maximum atomic E-state index is 12.6. The van der Waals surface area contributed by atoms with E-state index < -0.39 is 11.7 Å². The Kier molecular flexibility index (Phi) is 19.3. The van der Waals surface area contributed by atoms with Gasteiger partial charge in [0, 0.05) is 19.3 Å². The molecule has 2 heterocycles. The molecule has 230 valence electrons. The van der Waals surface area contributed by atoms with Gasteiger partial charge in [0.05, 0.1) is 17.5 Å². The van der Waals surface area contributed by atoms with Crippen molar-refractivity contribution in [3.05, 3.63) is 41.9 Å². The molecule has 6 nitrogen and oxygen atoms in total. The number of imidazole rings is 1. The van der Waals surface area contributed by atoms with Crippen molar-refractivity contribution in [2.45, 2.75) is 83.7 Å². The van der Waals surface area contributed by atoms with Gasteiger partial charge in [0.1, 0.15) is 18.4 Å². The van der Waals surface area contributed by atoms with Crippen molar-refractivity contribution >= 4 is 12.6 Å². The fourth-order valence-electron chi connectivity index (χ4n) is 4.39. The van der Waals surface area contributed by atoms with E-state index in [0.717, 1.165) is 61.2 Å². The van der Waals surface area contributed by atoms with Gasteiger partial charge < -0.3 is 20.0 Å². The molecule has 1 aliphatic carbocycles. The maximum Gasteiger partial charge on any atom is 0.416 e. The second-order valence-corrected chi connectivity index (χ2v) is 10.4. The molecule has 1 saturated carbocycles. The van der Waals surface area contributed by atoms with E-state index in [1.807, 2.05) is 27.8 Å². The Hall–Kier alpha value is -2.96. The molecular formula is C32H49F3N4O2. The number of Topliss-reactive ketones (excluding diaryl/α,β-unsaturated/α-hetero) is 1. The zero-order valence-corrected chi connectivity index (χ0v) is 25.3. The van der Waals surface area contributed by atoms with E-state index in [1.165, 1.54) is 50.9 Å². The largest absolute Gasteiger partial charge is 0.416 e. The number of rotatable bonds is 9. The number of aromatic nitrogens is 2. The molecule has 0 amide bonds. The summed E-state index contributed by atoms with van der Waals surface area (Å²) in [5.41, 5.74) is 1.62. The molecule has 1 aromatic carbocycles. The first-order chi connectivity index (χ1) is 19.6. The third-order valence-electron chi connectivity index (χ3n) is 7.17. The van der Waals surface area contributed by atoms with E-state index in [1.54, 1.807) is 6.20 Å². The lowest BCUT2D eigenvalue weighted by Crippen LogP contribution is -2.30. The second kappa shape index (κ2) is 20.8. The van der Waals surface area contributed by atoms with Crippen LogP contribution in [0.3, 0.4) is 0 Å². The summed E-state index contributed by atoms with van der Waals surface area (Å²) >= 11 is 0. The van der Waals surface area contributed by atoms with E-state index in [2.05, 4.69) is 40.1 Å². The van der Waals surface area contributed by atoms with Gasteiger partial charge in [0.25, 0.3) is 0 Å². The maximum absolute atomic E-state index is 12.6. The summed E-state index contributed by atoms with van der Waals surface area (Å²) in [6.07, 6.45) is 17.4. The van der Waals surface area contributed by atoms with Gasteiger partial charge in [-0.3, -0.25) is 4.79 Å². The molecule has 4 rings (SSSR count). The van der Waals surface area contributed by atoms with Gasteiger partial charge in [0.2, 0.25) is 0 Å². The third kappa shape index (κ3) is 15.6. The number of aromatic amines is 1. The Balaban J connectivity index is 0.000000817. The predicted molar refractivity (Wildman–Crippen MR) is 162 cm³/mol. The smallest absolute Gasteiger partial charge is 0.342 e. The Morgan fingerprint density at radius 1 is 1.02 bits per heavy atom. The fourth-order valence-corrected chi connectivity index (χ4v) is 4.39. The molecule has 0 atom stereocenters. The molecule has 1 aromatic heterocycles. The van der Waals surface area contributed by atoms with Crippen LogP contribution in [0.2, 0.25) is 0 Å².